The molecule has 0 radical (unpaired) electrons. The fourth-order valence-electron chi connectivity index (χ4n) is 3.70. The van der Waals surface area contributed by atoms with E-state index in [1.807, 2.05) is 6.92 Å². The van der Waals surface area contributed by atoms with E-state index < -0.39 is 0 Å². The molecule has 3 rings (SSSR count). The fraction of sp³-hybridized carbons (Fsp3) is 0.750. The second kappa shape index (κ2) is 5.98. The summed E-state index contributed by atoms with van der Waals surface area (Å²) < 4.78 is 7.52. The van der Waals surface area contributed by atoms with Gasteiger partial charge in [0.15, 0.2) is 11.7 Å². The van der Waals surface area contributed by atoms with E-state index in [4.69, 9.17) is 4.74 Å². The lowest BCUT2D eigenvalue weighted by molar-refractivity contribution is -0.782. The molecule has 0 saturated heterocycles. The summed E-state index contributed by atoms with van der Waals surface area (Å²) in [5.74, 6) is -0.180. The Morgan fingerprint density at radius 3 is 2.70 bits per heavy atom. The van der Waals surface area contributed by atoms with Crippen molar-refractivity contribution in [3.8, 4) is 0 Å². The molecule has 1 saturated carbocycles. The summed E-state index contributed by atoms with van der Waals surface area (Å²) >= 11 is 0. The van der Waals surface area contributed by atoms with Crippen LogP contribution in [0.5, 0.6) is 0 Å². The maximum absolute atomic E-state index is 12.1. The number of hydrogen-bond acceptors (Lipinski definition) is 2. The Morgan fingerprint density at radius 2 is 1.95 bits per heavy atom. The minimum Gasteiger partial charge on any atom is -0.461 e. The molecule has 1 aromatic rings. The number of esters is 1. The van der Waals surface area contributed by atoms with Crippen LogP contribution in [0.15, 0.2) is 0 Å². The number of carbonyl (C=O) groups is 1. The van der Waals surface area contributed by atoms with Gasteiger partial charge in [0.05, 0.1) is 12.2 Å². The van der Waals surface area contributed by atoms with Crippen LogP contribution in [-0.4, -0.2) is 17.7 Å². The Morgan fingerprint density at radius 1 is 1.20 bits per heavy atom. The first-order valence-electron chi connectivity index (χ1n) is 8.13. The highest BCUT2D eigenvalue weighted by molar-refractivity contribution is 5.88. The van der Waals surface area contributed by atoms with Gasteiger partial charge in [0, 0.05) is 19.3 Å². The van der Waals surface area contributed by atoms with Crippen molar-refractivity contribution in [3.05, 3.63) is 17.0 Å². The first-order chi connectivity index (χ1) is 9.81. The van der Waals surface area contributed by atoms with Crippen molar-refractivity contribution in [2.24, 2.45) is 0 Å². The Kier molecular flexibility index (Phi) is 4.08. The molecule has 4 heteroatoms. The van der Waals surface area contributed by atoms with Gasteiger partial charge in [-0.25, -0.2) is 4.79 Å². The van der Waals surface area contributed by atoms with Gasteiger partial charge in [-0.15, -0.1) is 4.68 Å². The van der Waals surface area contributed by atoms with Crippen molar-refractivity contribution in [1.29, 1.82) is 0 Å². The molecule has 0 aromatic carbocycles. The van der Waals surface area contributed by atoms with Gasteiger partial charge in [-0.3, -0.25) is 0 Å². The maximum atomic E-state index is 12.1. The number of aromatic amines is 1. The number of H-pyrrole nitrogens is 1. The quantitative estimate of drug-likeness (QED) is 0.682. The lowest BCUT2D eigenvalue weighted by Crippen LogP contribution is -2.46. The van der Waals surface area contributed by atoms with E-state index in [-0.39, 0.29) is 5.97 Å². The molecular formula is C16H25N2O2+. The van der Waals surface area contributed by atoms with E-state index in [0.29, 0.717) is 18.3 Å². The molecule has 1 aromatic heterocycles. The van der Waals surface area contributed by atoms with Crippen LogP contribution in [0.25, 0.3) is 0 Å². The summed E-state index contributed by atoms with van der Waals surface area (Å²) in [7, 11) is 0. The molecule has 4 nitrogen and oxygen atoms in total. The predicted octanol–water partition coefficient (Wildman–Crippen LogP) is 2.86. The number of hydrogen-bond donors (Lipinski definition) is 1. The zero-order valence-corrected chi connectivity index (χ0v) is 12.4. The summed E-state index contributed by atoms with van der Waals surface area (Å²) in [6.07, 6.45) is 11.0. The van der Waals surface area contributed by atoms with Crippen molar-refractivity contribution in [1.82, 2.24) is 5.10 Å². The van der Waals surface area contributed by atoms with Gasteiger partial charge in [0.1, 0.15) is 0 Å². The molecule has 0 atom stereocenters. The van der Waals surface area contributed by atoms with Gasteiger partial charge in [-0.1, -0.05) is 6.42 Å². The van der Waals surface area contributed by atoms with Gasteiger partial charge in [-0.05, 0) is 39.0 Å². The molecule has 0 amide bonds. The van der Waals surface area contributed by atoms with Gasteiger partial charge >= 0.3 is 5.97 Å². The van der Waals surface area contributed by atoms with Crippen LogP contribution in [-0.2, 0) is 17.6 Å². The summed E-state index contributed by atoms with van der Waals surface area (Å²) in [4.78, 5) is 12.1. The summed E-state index contributed by atoms with van der Waals surface area (Å²) in [6, 6.07) is 0.554. The van der Waals surface area contributed by atoms with E-state index in [1.54, 1.807) is 0 Å². The third-order valence-electron chi connectivity index (χ3n) is 4.68. The standard InChI is InChI=1S/C16H24N2O2/c1-2-20-16(19)15-13-10-6-7-11-14(13)18(17-15)12-8-4-3-5-9-12/h12H,2-11H2,1H3/p+1. The number of ether oxygens (including phenoxy) is 1. The average molecular weight is 277 g/mol. The fourth-order valence-corrected chi connectivity index (χ4v) is 3.70. The summed E-state index contributed by atoms with van der Waals surface area (Å²) in [5.41, 5.74) is 3.30. The van der Waals surface area contributed by atoms with Crippen LogP contribution in [0.3, 0.4) is 0 Å². The highest BCUT2D eigenvalue weighted by atomic mass is 16.5. The van der Waals surface area contributed by atoms with E-state index in [2.05, 4.69) is 9.78 Å². The van der Waals surface area contributed by atoms with Crippen LogP contribution >= 0.6 is 0 Å². The number of carbonyl (C=O) groups excluding carboxylic acids is 1. The topological polar surface area (TPSA) is 46.0 Å². The molecule has 1 fully saturated rings. The van der Waals surface area contributed by atoms with Crippen LogP contribution < -0.4 is 4.68 Å². The normalized spacial score (nSPS) is 19.6. The lowest BCUT2D eigenvalue weighted by atomic mass is 9.93. The molecule has 0 bridgehead atoms. The Labute approximate surface area is 120 Å². The number of rotatable bonds is 3. The molecule has 2 aliphatic carbocycles. The van der Waals surface area contributed by atoms with Crippen molar-refractivity contribution in [2.45, 2.75) is 70.8 Å². The number of fused-ring (bicyclic) bond motifs is 1. The Balaban J connectivity index is 1.95. The highest BCUT2D eigenvalue weighted by Gasteiger charge is 2.35. The third-order valence-corrected chi connectivity index (χ3v) is 4.68. The van der Waals surface area contributed by atoms with Crippen molar-refractivity contribution < 1.29 is 14.2 Å². The van der Waals surface area contributed by atoms with E-state index >= 15 is 0 Å². The number of nitrogens with zero attached hydrogens (tertiary/aromatic N) is 1. The molecule has 1 heterocycles. The molecule has 0 aliphatic heterocycles. The zero-order chi connectivity index (χ0) is 13.9. The second-order valence-electron chi connectivity index (χ2n) is 6.00. The monoisotopic (exact) mass is 277 g/mol. The van der Waals surface area contributed by atoms with Crippen molar-refractivity contribution >= 4 is 5.97 Å². The van der Waals surface area contributed by atoms with Crippen LogP contribution in [0, 0.1) is 0 Å². The van der Waals surface area contributed by atoms with Crippen LogP contribution in [0.4, 0.5) is 0 Å². The Hall–Kier alpha value is -1.32. The lowest BCUT2D eigenvalue weighted by Gasteiger charge is -2.17. The number of nitrogens with one attached hydrogen (secondary N) is 1. The van der Waals surface area contributed by atoms with Gasteiger partial charge < -0.3 is 4.74 Å². The second-order valence-corrected chi connectivity index (χ2v) is 6.00. The minimum atomic E-state index is -0.180. The summed E-state index contributed by atoms with van der Waals surface area (Å²) in [6.45, 7) is 2.30. The zero-order valence-electron chi connectivity index (χ0n) is 12.4. The molecule has 1 N–H and O–H groups in total. The van der Waals surface area contributed by atoms with Crippen molar-refractivity contribution in [3.63, 3.8) is 0 Å². The van der Waals surface area contributed by atoms with Crippen LogP contribution in [0.1, 0.15) is 79.7 Å². The minimum absolute atomic E-state index is 0.180. The van der Waals surface area contributed by atoms with E-state index in [1.165, 1.54) is 56.2 Å². The molecule has 110 valence electrons. The number of aromatic nitrogens is 2. The molecule has 0 unspecified atom stereocenters. The van der Waals surface area contributed by atoms with E-state index in [9.17, 15) is 4.79 Å². The van der Waals surface area contributed by atoms with Gasteiger partial charge in [0.25, 0.3) is 0 Å². The Bertz CT molecular complexity index is 487. The summed E-state index contributed by atoms with van der Waals surface area (Å²) in [5, 5.41) is 3.39. The smallest absolute Gasteiger partial charge is 0.360 e. The molecule has 0 spiro atoms. The van der Waals surface area contributed by atoms with Gasteiger partial charge in [0.2, 0.25) is 5.69 Å². The SMILES string of the molecule is CCOC(=O)c1[nH][n+](C2CCCCC2)c2c1CCCC2. The maximum Gasteiger partial charge on any atom is 0.360 e. The third kappa shape index (κ3) is 2.48. The van der Waals surface area contributed by atoms with Crippen LogP contribution in [0.2, 0.25) is 0 Å². The van der Waals surface area contributed by atoms with Gasteiger partial charge in [-0.2, -0.15) is 5.10 Å². The van der Waals surface area contributed by atoms with E-state index in [0.717, 1.165) is 12.8 Å². The highest BCUT2D eigenvalue weighted by Crippen LogP contribution is 2.28. The molecular weight excluding hydrogens is 252 g/mol. The first kappa shape index (κ1) is 13.7. The largest absolute Gasteiger partial charge is 0.461 e. The first-order valence-corrected chi connectivity index (χ1v) is 8.13. The average Bonchev–Trinajstić information content (AvgIpc) is 2.88. The molecule has 2 aliphatic rings. The molecule has 20 heavy (non-hydrogen) atoms. The van der Waals surface area contributed by atoms with Crippen molar-refractivity contribution in [2.75, 3.05) is 6.61 Å². The predicted molar refractivity (Wildman–Crippen MR) is 75.7 cm³/mol.